The second kappa shape index (κ2) is 10.2. The first-order valence-corrected chi connectivity index (χ1v) is 9.16. The van der Waals surface area contributed by atoms with E-state index in [0.717, 1.165) is 42.7 Å². The van der Waals surface area contributed by atoms with E-state index >= 15 is 0 Å². The van der Waals surface area contributed by atoms with E-state index in [1.165, 1.54) is 0 Å². The van der Waals surface area contributed by atoms with E-state index in [1.54, 1.807) is 0 Å². The number of nitrogens with one attached hydrogen (secondary N) is 2. The second-order valence-corrected chi connectivity index (χ2v) is 6.43. The lowest BCUT2D eigenvalue weighted by Gasteiger charge is -2.15. The minimum Gasteiger partial charge on any atom is -0.492 e. The van der Waals surface area contributed by atoms with Crippen molar-refractivity contribution in [3.05, 3.63) is 28.7 Å². The van der Waals surface area contributed by atoms with Gasteiger partial charge >= 0.3 is 0 Å². The zero-order valence-corrected chi connectivity index (χ0v) is 15.6. The molecule has 2 N–H and O–H groups in total. The van der Waals surface area contributed by atoms with Gasteiger partial charge in [-0.1, -0.05) is 22.0 Å². The number of hydrogen-bond donors (Lipinski definition) is 2. The second-order valence-electron chi connectivity index (χ2n) is 5.52. The fourth-order valence-corrected chi connectivity index (χ4v) is 2.83. The summed E-state index contributed by atoms with van der Waals surface area (Å²) in [6.45, 7) is 5.77. The Morgan fingerprint density at radius 3 is 2.83 bits per heavy atom. The number of halogens is 1. The molecule has 2 rings (SSSR count). The van der Waals surface area contributed by atoms with Gasteiger partial charge in [0.15, 0.2) is 5.96 Å². The van der Waals surface area contributed by atoms with Gasteiger partial charge in [-0.05, 0) is 38.0 Å². The van der Waals surface area contributed by atoms with Gasteiger partial charge in [0.05, 0.1) is 6.54 Å². The molecule has 1 heterocycles. The van der Waals surface area contributed by atoms with Crippen molar-refractivity contribution in [1.82, 2.24) is 15.5 Å². The van der Waals surface area contributed by atoms with Crippen LogP contribution in [0.15, 0.2) is 33.7 Å². The van der Waals surface area contributed by atoms with Gasteiger partial charge in [0, 0.05) is 24.1 Å². The Bertz CT molecular complexity index is 559. The van der Waals surface area contributed by atoms with Crippen molar-refractivity contribution in [3.8, 4) is 5.75 Å². The topological polar surface area (TPSA) is 66.0 Å². The van der Waals surface area contributed by atoms with Crippen LogP contribution in [0, 0.1) is 0 Å². The summed E-state index contributed by atoms with van der Waals surface area (Å²) in [7, 11) is 0. The van der Waals surface area contributed by atoms with E-state index in [-0.39, 0.29) is 12.5 Å². The number of ether oxygens (including phenoxy) is 1. The molecule has 0 atom stereocenters. The molecule has 1 aromatic carbocycles. The van der Waals surface area contributed by atoms with E-state index in [9.17, 15) is 4.79 Å². The molecule has 0 radical (unpaired) electrons. The summed E-state index contributed by atoms with van der Waals surface area (Å²) in [5.74, 6) is 1.55. The Balaban J connectivity index is 1.73. The molecular formula is C17H25BrN4O2. The molecule has 24 heavy (non-hydrogen) atoms. The Morgan fingerprint density at radius 2 is 2.12 bits per heavy atom. The molecule has 0 aromatic heterocycles. The highest BCUT2D eigenvalue weighted by Crippen LogP contribution is 2.17. The summed E-state index contributed by atoms with van der Waals surface area (Å²) in [5.41, 5.74) is 0. The lowest BCUT2D eigenvalue weighted by Crippen LogP contribution is -2.40. The lowest BCUT2D eigenvalue weighted by atomic mass is 10.3. The van der Waals surface area contributed by atoms with Crippen LogP contribution in [-0.2, 0) is 4.79 Å². The van der Waals surface area contributed by atoms with Gasteiger partial charge in [-0.3, -0.25) is 4.79 Å². The van der Waals surface area contributed by atoms with Crippen molar-refractivity contribution < 1.29 is 9.53 Å². The van der Waals surface area contributed by atoms with Crippen LogP contribution < -0.4 is 15.4 Å². The van der Waals surface area contributed by atoms with Gasteiger partial charge in [-0.2, -0.15) is 0 Å². The quantitative estimate of drug-likeness (QED) is 0.420. The third-order valence-corrected chi connectivity index (χ3v) is 4.13. The van der Waals surface area contributed by atoms with Crippen molar-refractivity contribution in [2.45, 2.75) is 19.8 Å². The number of hydrogen-bond acceptors (Lipinski definition) is 3. The summed E-state index contributed by atoms with van der Waals surface area (Å²) >= 11 is 3.42. The molecule has 1 aliphatic heterocycles. The normalized spacial score (nSPS) is 14.6. The third-order valence-electron chi connectivity index (χ3n) is 3.63. The predicted octanol–water partition coefficient (Wildman–Crippen LogP) is 2.01. The lowest BCUT2D eigenvalue weighted by molar-refractivity contribution is -0.128. The number of nitrogens with zero attached hydrogens (tertiary/aromatic N) is 2. The highest BCUT2D eigenvalue weighted by molar-refractivity contribution is 9.10. The van der Waals surface area contributed by atoms with Gasteiger partial charge < -0.3 is 20.3 Å². The molecule has 132 valence electrons. The summed E-state index contributed by atoms with van der Waals surface area (Å²) < 4.78 is 6.66. The van der Waals surface area contributed by atoms with Crippen molar-refractivity contribution in [3.63, 3.8) is 0 Å². The number of rotatable bonds is 7. The average Bonchev–Trinajstić information content (AvgIpc) is 3.11. The smallest absolute Gasteiger partial charge is 0.244 e. The van der Waals surface area contributed by atoms with Gasteiger partial charge in [0.2, 0.25) is 5.91 Å². The molecular weight excluding hydrogens is 372 g/mol. The first kappa shape index (κ1) is 18.6. The average molecular weight is 397 g/mol. The maximum atomic E-state index is 12.0. The van der Waals surface area contributed by atoms with Crippen LogP contribution in [0.4, 0.5) is 0 Å². The molecule has 6 nitrogen and oxygen atoms in total. The summed E-state index contributed by atoms with van der Waals surface area (Å²) in [6, 6.07) is 7.73. The Hall–Kier alpha value is -1.76. The van der Waals surface area contributed by atoms with Gasteiger partial charge in [-0.25, -0.2) is 4.99 Å². The predicted molar refractivity (Wildman–Crippen MR) is 99.4 cm³/mol. The molecule has 0 spiro atoms. The van der Waals surface area contributed by atoms with Gasteiger partial charge in [-0.15, -0.1) is 0 Å². The van der Waals surface area contributed by atoms with Crippen LogP contribution in [-0.4, -0.2) is 56.1 Å². The highest BCUT2D eigenvalue weighted by atomic mass is 79.9. The van der Waals surface area contributed by atoms with E-state index in [2.05, 4.69) is 31.6 Å². The van der Waals surface area contributed by atoms with Crippen LogP contribution >= 0.6 is 15.9 Å². The van der Waals surface area contributed by atoms with Crippen LogP contribution in [0.25, 0.3) is 0 Å². The molecule has 0 aliphatic carbocycles. The number of benzene rings is 1. The first-order valence-electron chi connectivity index (χ1n) is 8.37. The molecule has 1 saturated heterocycles. The van der Waals surface area contributed by atoms with E-state index < -0.39 is 0 Å². The first-order chi connectivity index (χ1) is 11.7. The minimum absolute atomic E-state index is 0.0927. The van der Waals surface area contributed by atoms with Crippen molar-refractivity contribution >= 4 is 27.8 Å². The third kappa shape index (κ3) is 6.39. The zero-order valence-electron chi connectivity index (χ0n) is 14.1. The SMILES string of the molecule is CCNC(=NCC(=O)N1CCCC1)NCCOc1cccc(Br)c1. The minimum atomic E-state index is 0.0927. The highest BCUT2D eigenvalue weighted by Gasteiger charge is 2.17. The summed E-state index contributed by atoms with van der Waals surface area (Å²) in [4.78, 5) is 18.3. The largest absolute Gasteiger partial charge is 0.492 e. The molecule has 7 heteroatoms. The van der Waals surface area contributed by atoms with Crippen molar-refractivity contribution in [2.24, 2.45) is 4.99 Å². The molecule has 1 fully saturated rings. The van der Waals surface area contributed by atoms with E-state index in [1.807, 2.05) is 36.1 Å². The standard InChI is InChI=1S/C17H25BrN4O2/c1-2-19-17(21-13-16(23)22-9-3-4-10-22)20-8-11-24-15-7-5-6-14(18)12-15/h5-7,12H,2-4,8-11,13H2,1H3,(H2,19,20,21). The van der Waals surface area contributed by atoms with Crippen molar-refractivity contribution in [2.75, 3.05) is 39.3 Å². The zero-order chi connectivity index (χ0) is 17.2. The van der Waals surface area contributed by atoms with Crippen molar-refractivity contribution in [1.29, 1.82) is 0 Å². The van der Waals surface area contributed by atoms with E-state index in [4.69, 9.17) is 4.74 Å². The molecule has 1 aromatic rings. The Labute approximate surface area is 151 Å². The summed E-state index contributed by atoms with van der Waals surface area (Å²) in [6.07, 6.45) is 2.20. The molecule has 0 bridgehead atoms. The van der Waals surface area contributed by atoms with E-state index in [0.29, 0.717) is 19.1 Å². The fourth-order valence-electron chi connectivity index (χ4n) is 2.45. The van der Waals surface area contributed by atoms with Gasteiger partial charge in [0.25, 0.3) is 0 Å². The molecule has 0 saturated carbocycles. The Morgan fingerprint density at radius 1 is 1.33 bits per heavy atom. The number of aliphatic imine (C=N–C) groups is 1. The monoisotopic (exact) mass is 396 g/mol. The van der Waals surface area contributed by atoms with Crippen LogP contribution in [0.1, 0.15) is 19.8 Å². The number of carbonyl (C=O) groups is 1. The molecule has 1 amide bonds. The molecule has 1 aliphatic rings. The van der Waals surface area contributed by atoms with Crippen LogP contribution in [0.2, 0.25) is 0 Å². The fraction of sp³-hybridized carbons (Fsp3) is 0.529. The number of carbonyl (C=O) groups excluding carboxylic acids is 1. The van der Waals surface area contributed by atoms with Crippen LogP contribution in [0.3, 0.4) is 0 Å². The van der Waals surface area contributed by atoms with Crippen LogP contribution in [0.5, 0.6) is 5.75 Å². The summed E-state index contributed by atoms with van der Waals surface area (Å²) in [5, 5.41) is 6.32. The Kier molecular flexibility index (Phi) is 7.88. The number of guanidine groups is 1. The number of likely N-dealkylation sites (tertiary alicyclic amines) is 1. The number of amides is 1. The maximum absolute atomic E-state index is 12.0. The molecule has 0 unspecified atom stereocenters. The maximum Gasteiger partial charge on any atom is 0.244 e. The van der Waals surface area contributed by atoms with Gasteiger partial charge in [0.1, 0.15) is 18.9 Å².